The van der Waals surface area contributed by atoms with Crippen molar-refractivity contribution in [1.29, 1.82) is 0 Å². The van der Waals surface area contributed by atoms with Gasteiger partial charge in [-0.2, -0.15) is 0 Å². The van der Waals surface area contributed by atoms with Crippen LogP contribution in [0.1, 0.15) is 35.3 Å². The van der Waals surface area contributed by atoms with Crippen molar-refractivity contribution in [2.24, 2.45) is 0 Å². The Labute approximate surface area is 113 Å². The zero-order valence-corrected chi connectivity index (χ0v) is 12.5. The molecule has 2 rings (SSSR count). The van der Waals surface area contributed by atoms with Crippen molar-refractivity contribution in [2.45, 2.75) is 33.7 Å². The van der Waals surface area contributed by atoms with Crippen LogP contribution >= 0.6 is 11.3 Å². The monoisotopic (exact) mass is 260 g/mol. The van der Waals surface area contributed by atoms with E-state index in [0.29, 0.717) is 6.04 Å². The van der Waals surface area contributed by atoms with E-state index in [1.54, 1.807) is 11.3 Å². The smallest absolute Gasteiger partial charge is 0.124 e. The van der Waals surface area contributed by atoms with Gasteiger partial charge in [0.15, 0.2) is 0 Å². The van der Waals surface area contributed by atoms with Crippen molar-refractivity contribution in [1.82, 2.24) is 10.3 Å². The Hall–Kier alpha value is -1.19. The van der Waals surface area contributed by atoms with Crippen molar-refractivity contribution in [3.05, 3.63) is 39.9 Å². The van der Waals surface area contributed by atoms with Crippen LogP contribution in [0.2, 0.25) is 0 Å². The van der Waals surface area contributed by atoms with Crippen molar-refractivity contribution >= 4 is 11.3 Å². The summed E-state index contributed by atoms with van der Waals surface area (Å²) in [5, 5.41) is 6.50. The molecule has 1 N–H and O–H groups in total. The van der Waals surface area contributed by atoms with Crippen molar-refractivity contribution in [3.63, 3.8) is 0 Å². The van der Waals surface area contributed by atoms with Gasteiger partial charge in [0.05, 0.1) is 5.69 Å². The van der Waals surface area contributed by atoms with Crippen molar-refractivity contribution < 1.29 is 0 Å². The van der Waals surface area contributed by atoms with E-state index in [-0.39, 0.29) is 0 Å². The summed E-state index contributed by atoms with van der Waals surface area (Å²) in [4.78, 5) is 4.76. The summed E-state index contributed by atoms with van der Waals surface area (Å²) >= 11 is 1.73. The number of aromatic nitrogens is 1. The standard InChI is InChI=1S/C15H20N2S/c1-9-6-10(2)14(11(3)7-9)15-17-13(8-18-15)12(4)16-5/h6-8,12,16H,1-5H3. The highest BCUT2D eigenvalue weighted by Gasteiger charge is 2.13. The molecule has 0 aliphatic carbocycles. The molecule has 2 aromatic rings. The molecule has 0 spiro atoms. The third-order valence-electron chi connectivity index (χ3n) is 3.29. The molecule has 2 nitrogen and oxygen atoms in total. The van der Waals surface area contributed by atoms with Crippen molar-refractivity contribution in [2.75, 3.05) is 7.05 Å². The Morgan fingerprint density at radius 1 is 1.17 bits per heavy atom. The maximum absolute atomic E-state index is 4.76. The third kappa shape index (κ3) is 2.47. The zero-order valence-electron chi connectivity index (χ0n) is 11.7. The van der Waals surface area contributed by atoms with E-state index < -0.39 is 0 Å². The molecule has 0 amide bonds. The van der Waals surface area contributed by atoms with Crippen LogP contribution in [0.4, 0.5) is 0 Å². The number of aryl methyl sites for hydroxylation is 3. The van der Waals surface area contributed by atoms with E-state index in [9.17, 15) is 0 Å². The summed E-state index contributed by atoms with van der Waals surface area (Å²) in [5.74, 6) is 0. The lowest BCUT2D eigenvalue weighted by atomic mass is 10.0. The second kappa shape index (κ2) is 5.21. The van der Waals surface area contributed by atoms with Crippen LogP contribution < -0.4 is 5.32 Å². The van der Waals surface area contributed by atoms with Crippen LogP contribution in [-0.4, -0.2) is 12.0 Å². The molecule has 0 radical (unpaired) electrons. The van der Waals surface area contributed by atoms with Crippen LogP contribution in [0.25, 0.3) is 10.6 Å². The molecule has 1 heterocycles. The van der Waals surface area contributed by atoms with Crippen molar-refractivity contribution in [3.8, 4) is 10.6 Å². The molecule has 96 valence electrons. The van der Waals surface area contributed by atoms with Gasteiger partial charge in [0.25, 0.3) is 0 Å². The SMILES string of the molecule is CNC(C)c1csc(-c2c(C)cc(C)cc2C)n1. The van der Waals surface area contributed by atoms with Crippen LogP contribution in [0.3, 0.4) is 0 Å². The molecular formula is C15H20N2S. The average molecular weight is 260 g/mol. The van der Waals surface area contributed by atoms with E-state index in [0.717, 1.165) is 10.7 Å². The first kappa shape index (κ1) is 13.2. The van der Waals surface area contributed by atoms with Gasteiger partial charge in [-0.25, -0.2) is 4.98 Å². The summed E-state index contributed by atoms with van der Waals surface area (Å²) in [6.45, 7) is 8.60. The van der Waals surface area contributed by atoms with Gasteiger partial charge in [0.2, 0.25) is 0 Å². The lowest BCUT2D eigenvalue weighted by molar-refractivity contribution is 0.637. The molecule has 1 aromatic heterocycles. The van der Waals surface area contributed by atoms with Gasteiger partial charge in [-0.1, -0.05) is 17.7 Å². The van der Waals surface area contributed by atoms with E-state index in [2.05, 4.69) is 50.5 Å². The highest BCUT2D eigenvalue weighted by atomic mass is 32.1. The average Bonchev–Trinajstić information content (AvgIpc) is 2.76. The number of thiazole rings is 1. The lowest BCUT2D eigenvalue weighted by Crippen LogP contribution is -2.12. The first-order valence-electron chi connectivity index (χ1n) is 6.24. The van der Waals surface area contributed by atoms with Crippen LogP contribution in [-0.2, 0) is 0 Å². The molecular weight excluding hydrogens is 240 g/mol. The molecule has 1 aromatic carbocycles. The highest BCUT2D eigenvalue weighted by Crippen LogP contribution is 2.32. The highest BCUT2D eigenvalue weighted by molar-refractivity contribution is 7.13. The predicted molar refractivity (Wildman–Crippen MR) is 79.2 cm³/mol. The number of nitrogens with zero attached hydrogens (tertiary/aromatic N) is 1. The Morgan fingerprint density at radius 3 is 2.33 bits per heavy atom. The molecule has 0 fully saturated rings. The molecule has 3 heteroatoms. The fourth-order valence-corrected chi connectivity index (χ4v) is 3.35. The third-order valence-corrected chi connectivity index (χ3v) is 4.17. The molecule has 0 bridgehead atoms. The van der Waals surface area contributed by atoms with Gasteiger partial charge in [0.1, 0.15) is 5.01 Å². The van der Waals surface area contributed by atoms with Crippen LogP contribution in [0.5, 0.6) is 0 Å². The van der Waals surface area contributed by atoms with Crippen LogP contribution in [0, 0.1) is 20.8 Å². The minimum atomic E-state index is 0.307. The molecule has 1 atom stereocenters. The molecule has 18 heavy (non-hydrogen) atoms. The number of nitrogens with one attached hydrogen (secondary N) is 1. The number of hydrogen-bond acceptors (Lipinski definition) is 3. The molecule has 0 aliphatic heterocycles. The summed E-state index contributed by atoms with van der Waals surface area (Å²) in [5.41, 5.74) is 6.35. The zero-order chi connectivity index (χ0) is 13.3. The normalized spacial score (nSPS) is 12.7. The number of hydrogen-bond donors (Lipinski definition) is 1. The summed E-state index contributed by atoms with van der Waals surface area (Å²) in [7, 11) is 1.96. The number of rotatable bonds is 3. The fourth-order valence-electron chi connectivity index (χ4n) is 2.27. The first-order valence-corrected chi connectivity index (χ1v) is 7.11. The maximum Gasteiger partial charge on any atom is 0.124 e. The van der Waals surface area contributed by atoms with Gasteiger partial charge < -0.3 is 5.32 Å². The van der Waals surface area contributed by atoms with Gasteiger partial charge >= 0.3 is 0 Å². The number of benzene rings is 1. The predicted octanol–water partition coefficient (Wildman–Crippen LogP) is 4.02. The van der Waals surface area contributed by atoms with Gasteiger partial charge in [0, 0.05) is 17.0 Å². The van der Waals surface area contributed by atoms with E-state index >= 15 is 0 Å². The molecule has 0 aliphatic rings. The van der Waals surface area contributed by atoms with E-state index in [1.807, 2.05) is 7.05 Å². The topological polar surface area (TPSA) is 24.9 Å². The van der Waals surface area contributed by atoms with E-state index in [4.69, 9.17) is 4.98 Å². The summed E-state index contributed by atoms with van der Waals surface area (Å²) < 4.78 is 0. The fraction of sp³-hybridized carbons (Fsp3) is 0.400. The lowest BCUT2D eigenvalue weighted by Gasteiger charge is -2.09. The minimum Gasteiger partial charge on any atom is -0.312 e. The summed E-state index contributed by atoms with van der Waals surface area (Å²) in [6.07, 6.45) is 0. The van der Waals surface area contributed by atoms with Gasteiger partial charge in [-0.15, -0.1) is 11.3 Å². The molecule has 1 unspecified atom stereocenters. The van der Waals surface area contributed by atoms with Crippen LogP contribution in [0.15, 0.2) is 17.5 Å². The van der Waals surface area contributed by atoms with Gasteiger partial charge in [-0.3, -0.25) is 0 Å². The van der Waals surface area contributed by atoms with Gasteiger partial charge in [-0.05, 0) is 45.9 Å². The first-order chi connectivity index (χ1) is 8.52. The maximum atomic E-state index is 4.76. The Morgan fingerprint density at radius 2 is 1.78 bits per heavy atom. The Bertz CT molecular complexity index is 534. The second-order valence-electron chi connectivity index (χ2n) is 4.86. The Kier molecular flexibility index (Phi) is 3.83. The molecule has 0 saturated heterocycles. The molecule has 0 saturated carbocycles. The second-order valence-corrected chi connectivity index (χ2v) is 5.72. The van der Waals surface area contributed by atoms with E-state index in [1.165, 1.54) is 22.3 Å². The summed E-state index contributed by atoms with van der Waals surface area (Å²) in [6, 6.07) is 4.76. The largest absolute Gasteiger partial charge is 0.312 e. The minimum absolute atomic E-state index is 0.307. The quantitative estimate of drug-likeness (QED) is 0.901. The Balaban J connectivity index is 2.46.